The van der Waals surface area contributed by atoms with Crippen LogP contribution >= 0.6 is 11.3 Å². The average Bonchev–Trinajstić information content (AvgIpc) is 2.93. The molecule has 1 aromatic carbocycles. The Balaban J connectivity index is 1.73. The molecule has 4 nitrogen and oxygen atoms in total. The van der Waals surface area contributed by atoms with Crippen LogP contribution in [-0.4, -0.2) is 35.9 Å². The van der Waals surface area contributed by atoms with Gasteiger partial charge in [-0.25, -0.2) is 4.98 Å². The van der Waals surface area contributed by atoms with E-state index in [1.54, 1.807) is 11.3 Å². The van der Waals surface area contributed by atoms with Crippen LogP contribution in [0.4, 0.5) is 0 Å². The Morgan fingerprint density at radius 1 is 1.30 bits per heavy atom. The first-order chi connectivity index (χ1) is 10.9. The number of benzene rings is 1. The number of aromatic nitrogens is 1. The summed E-state index contributed by atoms with van der Waals surface area (Å²) in [7, 11) is 1.87. The first-order valence-corrected chi connectivity index (χ1v) is 9.01. The Hall–Kier alpha value is -1.46. The van der Waals surface area contributed by atoms with Gasteiger partial charge in [0.2, 0.25) is 5.91 Å². The molecule has 1 heterocycles. The van der Waals surface area contributed by atoms with Crippen molar-refractivity contribution in [1.29, 1.82) is 0 Å². The van der Waals surface area contributed by atoms with Gasteiger partial charge in [0, 0.05) is 20.0 Å². The molecular weight excluding hydrogens is 306 g/mol. The monoisotopic (exact) mass is 333 g/mol. The summed E-state index contributed by atoms with van der Waals surface area (Å²) in [5.74, 6) is 0.204. The Morgan fingerprint density at radius 3 is 2.74 bits per heavy atom. The fraction of sp³-hybridized carbons (Fsp3) is 0.556. The van der Waals surface area contributed by atoms with Crippen LogP contribution in [-0.2, 0) is 11.2 Å². The fourth-order valence-electron chi connectivity index (χ4n) is 2.56. The van der Waals surface area contributed by atoms with Gasteiger partial charge in [-0.3, -0.25) is 4.79 Å². The fourth-order valence-corrected chi connectivity index (χ4v) is 3.57. The lowest BCUT2D eigenvalue weighted by atomic mass is 9.93. The number of thiazole rings is 1. The summed E-state index contributed by atoms with van der Waals surface area (Å²) in [6.45, 7) is 5.47. The van der Waals surface area contributed by atoms with Crippen molar-refractivity contribution in [2.24, 2.45) is 11.1 Å². The van der Waals surface area contributed by atoms with Crippen molar-refractivity contribution in [3.8, 4) is 0 Å². The van der Waals surface area contributed by atoms with Crippen LogP contribution in [0.1, 0.15) is 38.1 Å². The smallest absolute Gasteiger partial charge is 0.222 e. The minimum absolute atomic E-state index is 0.0224. The second kappa shape index (κ2) is 7.88. The van der Waals surface area contributed by atoms with E-state index in [1.165, 1.54) is 4.70 Å². The molecule has 0 saturated carbocycles. The summed E-state index contributed by atoms with van der Waals surface area (Å²) in [6.07, 6.45) is 3.45. The van der Waals surface area contributed by atoms with Gasteiger partial charge in [0.15, 0.2) is 0 Å². The van der Waals surface area contributed by atoms with E-state index in [-0.39, 0.29) is 11.3 Å². The third-order valence-corrected chi connectivity index (χ3v) is 5.11. The van der Waals surface area contributed by atoms with Gasteiger partial charge < -0.3 is 10.6 Å². The Kier molecular flexibility index (Phi) is 6.13. The summed E-state index contributed by atoms with van der Waals surface area (Å²) in [5, 5.41) is 1.16. The predicted molar refractivity (Wildman–Crippen MR) is 97.6 cm³/mol. The maximum absolute atomic E-state index is 12.2. The van der Waals surface area contributed by atoms with Crippen LogP contribution in [0.3, 0.4) is 0 Å². The van der Waals surface area contributed by atoms with Crippen LogP contribution in [0, 0.1) is 5.41 Å². The Bertz CT molecular complexity index is 618. The van der Waals surface area contributed by atoms with Crippen LogP contribution in [0.15, 0.2) is 24.3 Å². The van der Waals surface area contributed by atoms with Crippen LogP contribution < -0.4 is 5.73 Å². The highest BCUT2D eigenvalue weighted by Gasteiger charge is 2.20. The van der Waals surface area contributed by atoms with E-state index in [0.29, 0.717) is 19.5 Å². The molecule has 1 aromatic heterocycles. The van der Waals surface area contributed by atoms with E-state index in [4.69, 9.17) is 5.73 Å². The number of fused-ring (bicyclic) bond motifs is 1. The summed E-state index contributed by atoms with van der Waals surface area (Å²) < 4.78 is 1.24. The molecule has 23 heavy (non-hydrogen) atoms. The molecule has 0 atom stereocenters. The average molecular weight is 334 g/mol. The quantitative estimate of drug-likeness (QED) is 0.753. The second-order valence-corrected chi connectivity index (χ2v) is 8.02. The largest absolute Gasteiger partial charge is 0.345 e. The van der Waals surface area contributed by atoms with Gasteiger partial charge in [-0.15, -0.1) is 11.3 Å². The van der Waals surface area contributed by atoms with E-state index in [2.05, 4.69) is 24.9 Å². The Morgan fingerprint density at radius 2 is 2.04 bits per heavy atom. The topological polar surface area (TPSA) is 59.2 Å². The molecular formula is C18H27N3OS. The van der Waals surface area contributed by atoms with Gasteiger partial charge in [0.25, 0.3) is 0 Å². The van der Waals surface area contributed by atoms with Gasteiger partial charge in [-0.2, -0.15) is 0 Å². The maximum Gasteiger partial charge on any atom is 0.222 e. The number of unbranched alkanes of at least 4 members (excludes halogenated alkanes) is 1. The summed E-state index contributed by atoms with van der Waals surface area (Å²) in [5.41, 5.74) is 6.78. The number of amides is 1. The zero-order valence-corrected chi connectivity index (χ0v) is 15.2. The molecule has 0 radical (unpaired) electrons. The van der Waals surface area contributed by atoms with Crippen LogP contribution in [0.2, 0.25) is 0 Å². The zero-order chi connectivity index (χ0) is 16.9. The summed E-state index contributed by atoms with van der Waals surface area (Å²) in [6, 6.07) is 8.21. The lowest BCUT2D eigenvalue weighted by Gasteiger charge is -2.29. The van der Waals surface area contributed by atoms with Crippen LogP contribution in [0.25, 0.3) is 10.2 Å². The molecule has 0 aliphatic carbocycles. The number of nitrogens with two attached hydrogens (primary N) is 1. The Labute approximate surface area is 142 Å². The first kappa shape index (κ1) is 17.9. The zero-order valence-electron chi connectivity index (χ0n) is 14.3. The number of carbonyl (C=O) groups excluding carboxylic acids is 1. The normalized spacial score (nSPS) is 11.8. The van der Waals surface area contributed by atoms with Crippen molar-refractivity contribution in [2.75, 3.05) is 20.1 Å². The van der Waals surface area contributed by atoms with E-state index in [1.807, 2.05) is 30.1 Å². The summed E-state index contributed by atoms with van der Waals surface area (Å²) >= 11 is 1.75. The molecule has 2 N–H and O–H groups in total. The highest BCUT2D eigenvalue weighted by atomic mass is 32.1. The minimum Gasteiger partial charge on any atom is -0.345 e. The molecule has 0 saturated heterocycles. The number of para-hydroxylation sites is 1. The minimum atomic E-state index is -0.0224. The maximum atomic E-state index is 12.2. The third-order valence-electron chi connectivity index (χ3n) is 4.01. The van der Waals surface area contributed by atoms with E-state index in [0.717, 1.165) is 29.8 Å². The summed E-state index contributed by atoms with van der Waals surface area (Å²) in [4.78, 5) is 18.6. The third kappa shape index (κ3) is 5.29. The number of hydrogen-bond acceptors (Lipinski definition) is 4. The molecule has 0 aliphatic heterocycles. The number of carbonyl (C=O) groups is 1. The molecule has 126 valence electrons. The van der Waals surface area contributed by atoms with E-state index >= 15 is 0 Å². The van der Waals surface area contributed by atoms with E-state index < -0.39 is 0 Å². The number of nitrogens with zero attached hydrogens (tertiary/aromatic N) is 2. The van der Waals surface area contributed by atoms with Gasteiger partial charge in [-0.05, 0) is 43.4 Å². The second-order valence-electron chi connectivity index (χ2n) is 6.90. The predicted octanol–water partition coefficient (Wildman–Crippen LogP) is 3.45. The molecule has 1 amide bonds. The van der Waals surface area contributed by atoms with Gasteiger partial charge in [0.05, 0.1) is 15.2 Å². The molecule has 0 spiro atoms. The molecule has 0 unspecified atom stereocenters. The highest BCUT2D eigenvalue weighted by Crippen LogP contribution is 2.23. The van der Waals surface area contributed by atoms with Crippen molar-refractivity contribution in [2.45, 2.75) is 39.5 Å². The van der Waals surface area contributed by atoms with Gasteiger partial charge in [0.1, 0.15) is 0 Å². The van der Waals surface area contributed by atoms with Crippen molar-refractivity contribution in [3.63, 3.8) is 0 Å². The van der Waals surface area contributed by atoms with Gasteiger partial charge in [-0.1, -0.05) is 26.0 Å². The lowest BCUT2D eigenvalue weighted by Crippen LogP contribution is -2.39. The highest BCUT2D eigenvalue weighted by molar-refractivity contribution is 7.18. The van der Waals surface area contributed by atoms with Crippen LogP contribution in [0.5, 0.6) is 0 Å². The number of aryl methyl sites for hydroxylation is 1. The number of rotatable bonds is 8. The van der Waals surface area contributed by atoms with Gasteiger partial charge >= 0.3 is 0 Å². The number of hydrogen-bond donors (Lipinski definition) is 1. The van der Waals surface area contributed by atoms with Crippen molar-refractivity contribution in [3.05, 3.63) is 29.3 Å². The molecule has 2 aromatic rings. The lowest BCUT2D eigenvalue weighted by molar-refractivity contribution is -0.131. The van der Waals surface area contributed by atoms with E-state index in [9.17, 15) is 4.79 Å². The molecule has 0 fully saturated rings. The first-order valence-electron chi connectivity index (χ1n) is 8.20. The van der Waals surface area contributed by atoms with Crippen molar-refractivity contribution < 1.29 is 4.79 Å². The van der Waals surface area contributed by atoms with Crippen molar-refractivity contribution in [1.82, 2.24) is 9.88 Å². The molecule has 0 bridgehead atoms. The molecule has 2 rings (SSSR count). The molecule has 0 aliphatic rings. The molecule has 5 heteroatoms. The van der Waals surface area contributed by atoms with Crippen molar-refractivity contribution >= 4 is 27.5 Å². The standard InChI is InChI=1S/C18H27N3OS/c1-18(2,12-19)13-21(3)17(22)11-7-6-10-16-20-14-8-4-5-9-15(14)23-16/h4-5,8-9H,6-7,10-13,19H2,1-3H3. The SMILES string of the molecule is CN(CC(C)(C)CN)C(=O)CCCCc1nc2ccccc2s1.